The average Bonchev–Trinajstić information content (AvgIpc) is 2.35. The summed E-state index contributed by atoms with van der Waals surface area (Å²) in [5.74, 6) is 0. The van der Waals surface area contributed by atoms with Crippen molar-refractivity contribution in [3.8, 4) is 0 Å². The predicted molar refractivity (Wildman–Crippen MR) is 66.0 cm³/mol. The molecule has 0 aromatic heterocycles. The second kappa shape index (κ2) is 7.01. The molecule has 1 amide bonds. The molecule has 3 nitrogen and oxygen atoms in total. The molecule has 0 saturated carbocycles. The number of carbonyl (C=O) groups excluding carboxylic acids is 1. The van der Waals surface area contributed by atoms with E-state index in [1.54, 1.807) is 0 Å². The maximum Gasteiger partial charge on any atom is 0.207 e. The van der Waals surface area contributed by atoms with Gasteiger partial charge in [-0.2, -0.15) is 0 Å². The van der Waals surface area contributed by atoms with E-state index in [0.29, 0.717) is 6.54 Å². The molecule has 0 unspecified atom stereocenters. The summed E-state index contributed by atoms with van der Waals surface area (Å²) in [6.45, 7) is 8.09. The van der Waals surface area contributed by atoms with Crippen LogP contribution in [0.25, 0.3) is 0 Å². The van der Waals surface area contributed by atoms with Gasteiger partial charge in [-0.15, -0.1) is 0 Å². The van der Waals surface area contributed by atoms with Crippen molar-refractivity contribution in [1.29, 1.82) is 0 Å². The Morgan fingerprint density at radius 3 is 2.19 bits per heavy atom. The zero-order valence-corrected chi connectivity index (χ0v) is 10.1. The Morgan fingerprint density at radius 1 is 1.12 bits per heavy atom. The van der Waals surface area contributed by atoms with Gasteiger partial charge in [0.1, 0.15) is 0 Å². The van der Waals surface area contributed by atoms with E-state index in [4.69, 9.17) is 0 Å². The van der Waals surface area contributed by atoms with Crippen molar-refractivity contribution in [2.24, 2.45) is 0 Å². The third-order valence-electron chi connectivity index (χ3n) is 2.71. The number of rotatable bonds is 7. The molecule has 1 N–H and O–H groups in total. The molecule has 0 bridgehead atoms. The molecular formula is C13H20N2O. The molecule has 0 aliphatic heterocycles. The van der Waals surface area contributed by atoms with Gasteiger partial charge in [-0.05, 0) is 24.2 Å². The fraction of sp³-hybridized carbons (Fsp3) is 0.462. The van der Waals surface area contributed by atoms with Crippen molar-refractivity contribution in [1.82, 2.24) is 10.2 Å². The van der Waals surface area contributed by atoms with Crippen molar-refractivity contribution < 1.29 is 4.79 Å². The fourth-order valence-electron chi connectivity index (χ4n) is 1.63. The smallest absolute Gasteiger partial charge is 0.207 e. The summed E-state index contributed by atoms with van der Waals surface area (Å²) >= 11 is 0. The van der Waals surface area contributed by atoms with Gasteiger partial charge in [-0.3, -0.25) is 9.69 Å². The van der Waals surface area contributed by atoms with Crippen LogP contribution < -0.4 is 5.32 Å². The Morgan fingerprint density at radius 2 is 1.69 bits per heavy atom. The molecule has 1 aromatic carbocycles. The standard InChI is InChI=1S/C13H20N2O/c1-3-15(4-2)10-13-7-5-12(6-8-13)9-14-11-16/h5-8,11H,3-4,9-10H2,1-2H3,(H,14,16). The van der Waals surface area contributed by atoms with Crippen LogP contribution in [0.4, 0.5) is 0 Å². The highest BCUT2D eigenvalue weighted by Gasteiger charge is 2.00. The van der Waals surface area contributed by atoms with E-state index in [9.17, 15) is 4.79 Å². The molecule has 0 spiro atoms. The van der Waals surface area contributed by atoms with Crippen LogP contribution in [0, 0.1) is 0 Å². The maximum atomic E-state index is 10.2. The Labute approximate surface area is 97.5 Å². The first-order valence-corrected chi connectivity index (χ1v) is 5.77. The largest absolute Gasteiger partial charge is 0.355 e. The van der Waals surface area contributed by atoms with Crippen LogP contribution in [0.1, 0.15) is 25.0 Å². The molecule has 0 saturated heterocycles. The molecular weight excluding hydrogens is 200 g/mol. The number of hydrogen-bond acceptors (Lipinski definition) is 2. The molecule has 88 valence electrons. The van der Waals surface area contributed by atoms with Gasteiger partial charge in [-0.25, -0.2) is 0 Å². The molecule has 0 atom stereocenters. The molecule has 0 aliphatic carbocycles. The monoisotopic (exact) mass is 220 g/mol. The summed E-state index contributed by atoms with van der Waals surface area (Å²) in [6.07, 6.45) is 0.726. The van der Waals surface area contributed by atoms with Gasteiger partial charge in [0.15, 0.2) is 0 Å². The highest BCUT2D eigenvalue weighted by Crippen LogP contribution is 2.07. The highest BCUT2D eigenvalue weighted by molar-refractivity contribution is 5.46. The number of carbonyl (C=O) groups is 1. The Hall–Kier alpha value is -1.35. The van der Waals surface area contributed by atoms with Crippen LogP contribution in [-0.4, -0.2) is 24.4 Å². The lowest BCUT2D eigenvalue weighted by molar-refractivity contribution is -0.109. The molecule has 1 rings (SSSR count). The van der Waals surface area contributed by atoms with Gasteiger partial charge in [0, 0.05) is 13.1 Å². The summed E-state index contributed by atoms with van der Waals surface area (Å²) < 4.78 is 0. The van der Waals surface area contributed by atoms with Gasteiger partial charge in [-0.1, -0.05) is 38.1 Å². The van der Waals surface area contributed by atoms with Crippen molar-refractivity contribution in [2.75, 3.05) is 13.1 Å². The van der Waals surface area contributed by atoms with Gasteiger partial charge in [0.25, 0.3) is 0 Å². The van der Waals surface area contributed by atoms with Gasteiger partial charge < -0.3 is 5.32 Å². The van der Waals surface area contributed by atoms with E-state index >= 15 is 0 Å². The van der Waals surface area contributed by atoms with E-state index in [1.807, 2.05) is 0 Å². The summed E-state index contributed by atoms with van der Waals surface area (Å²) in [5, 5.41) is 2.66. The zero-order valence-electron chi connectivity index (χ0n) is 10.1. The lowest BCUT2D eigenvalue weighted by Gasteiger charge is -2.18. The third-order valence-corrected chi connectivity index (χ3v) is 2.71. The summed E-state index contributed by atoms with van der Waals surface area (Å²) in [6, 6.07) is 8.38. The van der Waals surface area contributed by atoms with E-state index < -0.39 is 0 Å². The second-order valence-corrected chi connectivity index (χ2v) is 3.78. The van der Waals surface area contributed by atoms with Crippen LogP contribution >= 0.6 is 0 Å². The van der Waals surface area contributed by atoms with E-state index in [2.05, 4.69) is 48.3 Å². The molecule has 3 heteroatoms. The maximum absolute atomic E-state index is 10.2. The second-order valence-electron chi connectivity index (χ2n) is 3.78. The van der Waals surface area contributed by atoms with E-state index in [-0.39, 0.29) is 0 Å². The number of nitrogens with zero attached hydrogens (tertiary/aromatic N) is 1. The lowest BCUT2D eigenvalue weighted by atomic mass is 10.1. The number of nitrogens with one attached hydrogen (secondary N) is 1. The molecule has 0 aliphatic rings. The van der Waals surface area contributed by atoms with Crippen molar-refractivity contribution in [3.63, 3.8) is 0 Å². The topological polar surface area (TPSA) is 32.3 Å². The van der Waals surface area contributed by atoms with Crippen LogP contribution in [0.3, 0.4) is 0 Å². The van der Waals surface area contributed by atoms with Crippen LogP contribution in [0.2, 0.25) is 0 Å². The van der Waals surface area contributed by atoms with E-state index in [0.717, 1.165) is 31.6 Å². The summed E-state index contributed by atoms with van der Waals surface area (Å²) in [7, 11) is 0. The number of hydrogen-bond donors (Lipinski definition) is 1. The first kappa shape index (κ1) is 12.7. The van der Waals surface area contributed by atoms with Gasteiger partial charge >= 0.3 is 0 Å². The minimum absolute atomic E-state index is 0.606. The quantitative estimate of drug-likeness (QED) is 0.710. The zero-order chi connectivity index (χ0) is 11.8. The average molecular weight is 220 g/mol. The Kier molecular flexibility index (Phi) is 5.57. The fourth-order valence-corrected chi connectivity index (χ4v) is 1.63. The predicted octanol–water partition coefficient (Wildman–Crippen LogP) is 1.77. The molecule has 1 aromatic rings. The molecule has 16 heavy (non-hydrogen) atoms. The van der Waals surface area contributed by atoms with Crippen LogP contribution in [-0.2, 0) is 17.9 Å². The van der Waals surface area contributed by atoms with Crippen LogP contribution in [0.5, 0.6) is 0 Å². The van der Waals surface area contributed by atoms with Crippen molar-refractivity contribution in [3.05, 3.63) is 35.4 Å². The first-order valence-electron chi connectivity index (χ1n) is 5.77. The lowest BCUT2D eigenvalue weighted by Crippen LogP contribution is -2.22. The molecule has 0 heterocycles. The number of benzene rings is 1. The van der Waals surface area contributed by atoms with Crippen molar-refractivity contribution >= 4 is 6.41 Å². The first-order chi connectivity index (χ1) is 7.80. The Balaban J connectivity index is 2.53. The normalized spacial score (nSPS) is 10.4. The minimum Gasteiger partial charge on any atom is -0.355 e. The third kappa shape index (κ3) is 4.03. The Bertz CT molecular complexity index is 304. The van der Waals surface area contributed by atoms with Crippen LogP contribution in [0.15, 0.2) is 24.3 Å². The van der Waals surface area contributed by atoms with E-state index in [1.165, 1.54) is 5.56 Å². The van der Waals surface area contributed by atoms with Gasteiger partial charge in [0.05, 0.1) is 0 Å². The van der Waals surface area contributed by atoms with Gasteiger partial charge in [0.2, 0.25) is 6.41 Å². The summed E-state index contributed by atoms with van der Waals surface area (Å²) in [4.78, 5) is 12.5. The molecule has 0 fully saturated rings. The number of amides is 1. The highest BCUT2D eigenvalue weighted by atomic mass is 16.1. The SMILES string of the molecule is CCN(CC)Cc1ccc(CNC=O)cc1. The van der Waals surface area contributed by atoms with Crippen molar-refractivity contribution in [2.45, 2.75) is 26.9 Å². The summed E-state index contributed by atoms with van der Waals surface area (Å²) in [5.41, 5.74) is 2.45. The minimum atomic E-state index is 0.606. The molecule has 0 radical (unpaired) electrons.